The molecule has 0 fully saturated rings. The van der Waals surface area contributed by atoms with E-state index < -0.39 is 11.4 Å². The molecule has 110 valence electrons. The average molecular weight is 298 g/mol. The maximum atomic E-state index is 13.1. The Labute approximate surface area is 125 Å². The number of carbonyl (C=O) groups excluding carboxylic acids is 1. The number of pyridine rings is 1. The van der Waals surface area contributed by atoms with Crippen LogP contribution in [0.2, 0.25) is 0 Å². The standard InChI is InChI=1S/C17H13FNO3/c1-11-4-2-3-7-19(11)10-15(20)14-8-12-5-6-13(18)9-16(12)22-17(14)21/h2-9H,10H2,1H3/q+1. The van der Waals surface area contributed by atoms with Crippen LogP contribution in [0.15, 0.2) is 57.9 Å². The van der Waals surface area contributed by atoms with E-state index in [2.05, 4.69) is 0 Å². The Morgan fingerprint density at radius 3 is 2.82 bits per heavy atom. The molecule has 1 aromatic carbocycles. The predicted molar refractivity (Wildman–Crippen MR) is 78.1 cm³/mol. The summed E-state index contributed by atoms with van der Waals surface area (Å²) in [6.45, 7) is 1.92. The lowest BCUT2D eigenvalue weighted by Gasteiger charge is -2.02. The summed E-state index contributed by atoms with van der Waals surface area (Å²) in [6, 6.07) is 10.9. The van der Waals surface area contributed by atoms with Crippen LogP contribution < -0.4 is 10.2 Å². The smallest absolute Gasteiger partial charge is 0.347 e. The average Bonchev–Trinajstić information content (AvgIpc) is 2.48. The third-order valence-corrected chi connectivity index (χ3v) is 3.48. The highest BCUT2D eigenvalue weighted by atomic mass is 19.1. The molecule has 0 amide bonds. The lowest BCUT2D eigenvalue weighted by molar-refractivity contribution is -0.689. The molecule has 0 spiro atoms. The molecule has 0 radical (unpaired) electrons. The summed E-state index contributed by atoms with van der Waals surface area (Å²) in [5.74, 6) is -0.843. The summed E-state index contributed by atoms with van der Waals surface area (Å²) in [6.07, 6.45) is 1.77. The molecule has 2 aromatic heterocycles. The lowest BCUT2D eigenvalue weighted by atomic mass is 10.1. The van der Waals surface area contributed by atoms with Gasteiger partial charge in [-0.25, -0.2) is 9.18 Å². The van der Waals surface area contributed by atoms with Gasteiger partial charge in [-0.05, 0) is 18.2 Å². The van der Waals surface area contributed by atoms with Crippen LogP contribution in [0.5, 0.6) is 0 Å². The fourth-order valence-electron chi connectivity index (χ4n) is 2.26. The Bertz CT molecular complexity index is 931. The van der Waals surface area contributed by atoms with Crippen molar-refractivity contribution in [2.45, 2.75) is 13.5 Å². The van der Waals surface area contributed by atoms with Crippen molar-refractivity contribution in [3.63, 3.8) is 0 Å². The molecule has 0 bridgehead atoms. The molecule has 0 unspecified atom stereocenters. The molecule has 0 aliphatic heterocycles. The minimum absolute atomic E-state index is 0.0325. The minimum Gasteiger partial charge on any atom is -0.422 e. The van der Waals surface area contributed by atoms with Crippen molar-refractivity contribution in [2.24, 2.45) is 0 Å². The highest BCUT2D eigenvalue weighted by Crippen LogP contribution is 2.15. The van der Waals surface area contributed by atoms with E-state index in [9.17, 15) is 14.0 Å². The summed E-state index contributed by atoms with van der Waals surface area (Å²) in [5, 5.41) is 0.513. The first-order valence-corrected chi connectivity index (χ1v) is 6.76. The SMILES string of the molecule is Cc1cccc[n+]1CC(=O)c1cc2ccc(F)cc2oc1=O. The van der Waals surface area contributed by atoms with E-state index in [4.69, 9.17) is 4.42 Å². The first-order chi connectivity index (χ1) is 10.5. The first kappa shape index (κ1) is 14.1. The van der Waals surface area contributed by atoms with Crippen LogP contribution in [0.4, 0.5) is 4.39 Å². The zero-order valence-corrected chi connectivity index (χ0v) is 11.9. The van der Waals surface area contributed by atoms with Crippen molar-refractivity contribution >= 4 is 16.8 Å². The van der Waals surface area contributed by atoms with Crippen LogP contribution in [-0.4, -0.2) is 5.78 Å². The van der Waals surface area contributed by atoms with E-state index in [1.165, 1.54) is 18.2 Å². The second kappa shape index (κ2) is 5.52. The van der Waals surface area contributed by atoms with Gasteiger partial charge in [-0.2, -0.15) is 4.57 Å². The molecule has 0 aliphatic rings. The number of nitrogens with zero attached hydrogens (tertiary/aromatic N) is 1. The maximum absolute atomic E-state index is 13.1. The Hall–Kier alpha value is -2.82. The van der Waals surface area contributed by atoms with E-state index in [1.807, 2.05) is 25.1 Å². The predicted octanol–water partition coefficient (Wildman–Crippen LogP) is 2.41. The number of fused-ring (bicyclic) bond motifs is 1. The van der Waals surface area contributed by atoms with Gasteiger partial charge < -0.3 is 4.42 Å². The van der Waals surface area contributed by atoms with Crippen molar-refractivity contribution in [3.05, 3.63) is 76.2 Å². The molecule has 2 heterocycles. The van der Waals surface area contributed by atoms with Crippen LogP contribution in [0, 0.1) is 12.7 Å². The van der Waals surface area contributed by atoms with E-state index in [0.717, 1.165) is 11.8 Å². The monoisotopic (exact) mass is 298 g/mol. The molecule has 22 heavy (non-hydrogen) atoms. The Morgan fingerprint density at radius 2 is 2.05 bits per heavy atom. The number of aryl methyl sites for hydroxylation is 1. The summed E-state index contributed by atoms with van der Waals surface area (Å²) >= 11 is 0. The molecule has 0 atom stereocenters. The number of benzene rings is 1. The Balaban J connectivity index is 2.01. The maximum Gasteiger partial charge on any atom is 0.347 e. The molecule has 0 N–H and O–H groups in total. The number of halogens is 1. The van der Waals surface area contributed by atoms with Gasteiger partial charge in [0.2, 0.25) is 12.3 Å². The Kier molecular flexibility index (Phi) is 3.55. The molecule has 0 saturated carbocycles. The van der Waals surface area contributed by atoms with Crippen LogP contribution in [0.25, 0.3) is 11.0 Å². The molecule has 0 aliphatic carbocycles. The largest absolute Gasteiger partial charge is 0.422 e. The van der Waals surface area contributed by atoms with Gasteiger partial charge in [0, 0.05) is 30.5 Å². The number of Topliss-reactive ketones (excluding diaryl/α,β-unsaturated/α-hetero) is 1. The van der Waals surface area contributed by atoms with Gasteiger partial charge in [-0.15, -0.1) is 0 Å². The second-order valence-electron chi connectivity index (χ2n) is 5.02. The number of hydrogen-bond donors (Lipinski definition) is 0. The zero-order chi connectivity index (χ0) is 15.7. The molecular formula is C17H13FNO3+. The van der Waals surface area contributed by atoms with Crippen LogP contribution in [0.3, 0.4) is 0 Å². The van der Waals surface area contributed by atoms with Crippen molar-refractivity contribution in [1.82, 2.24) is 0 Å². The fourth-order valence-corrected chi connectivity index (χ4v) is 2.26. The Morgan fingerprint density at radius 1 is 1.23 bits per heavy atom. The molecule has 5 heteroatoms. The summed E-state index contributed by atoms with van der Waals surface area (Å²) in [7, 11) is 0. The van der Waals surface area contributed by atoms with Gasteiger partial charge in [-0.3, -0.25) is 4.79 Å². The first-order valence-electron chi connectivity index (χ1n) is 6.76. The number of rotatable bonds is 3. The van der Waals surface area contributed by atoms with Gasteiger partial charge in [0.25, 0.3) is 0 Å². The van der Waals surface area contributed by atoms with Gasteiger partial charge in [-0.1, -0.05) is 6.07 Å². The number of aromatic nitrogens is 1. The normalized spacial score (nSPS) is 10.8. The third kappa shape index (κ3) is 2.65. The van der Waals surface area contributed by atoms with Gasteiger partial charge in [0.1, 0.15) is 17.0 Å². The van der Waals surface area contributed by atoms with Gasteiger partial charge in [0.05, 0.1) is 0 Å². The van der Waals surface area contributed by atoms with Crippen molar-refractivity contribution in [1.29, 1.82) is 0 Å². The molecule has 0 saturated heterocycles. The molecule has 4 nitrogen and oxygen atoms in total. The van der Waals surface area contributed by atoms with Gasteiger partial charge >= 0.3 is 5.63 Å². The molecule has 3 rings (SSSR count). The summed E-state index contributed by atoms with van der Waals surface area (Å²) in [4.78, 5) is 24.3. The van der Waals surface area contributed by atoms with E-state index in [0.29, 0.717) is 5.39 Å². The lowest BCUT2D eigenvalue weighted by Crippen LogP contribution is -2.41. The van der Waals surface area contributed by atoms with Gasteiger partial charge in [0.15, 0.2) is 11.9 Å². The van der Waals surface area contributed by atoms with Crippen LogP contribution in [0.1, 0.15) is 16.1 Å². The van der Waals surface area contributed by atoms with Crippen LogP contribution >= 0.6 is 0 Å². The number of carbonyl (C=O) groups is 1. The summed E-state index contributed by atoms with van der Waals surface area (Å²) < 4.78 is 19.9. The van der Waals surface area contributed by atoms with Crippen molar-refractivity contribution in [2.75, 3.05) is 0 Å². The summed E-state index contributed by atoms with van der Waals surface area (Å²) in [5.41, 5.74) is 0.250. The topological polar surface area (TPSA) is 51.2 Å². The molecule has 3 aromatic rings. The highest BCUT2D eigenvalue weighted by molar-refractivity contribution is 5.97. The van der Waals surface area contributed by atoms with Crippen molar-refractivity contribution < 1.29 is 18.2 Å². The third-order valence-electron chi connectivity index (χ3n) is 3.48. The quantitative estimate of drug-likeness (QED) is 0.424. The zero-order valence-electron chi connectivity index (χ0n) is 11.9. The fraction of sp³-hybridized carbons (Fsp3) is 0.118. The highest BCUT2D eigenvalue weighted by Gasteiger charge is 2.19. The minimum atomic E-state index is -0.753. The molecular weight excluding hydrogens is 285 g/mol. The van der Waals surface area contributed by atoms with E-state index in [-0.39, 0.29) is 23.5 Å². The van der Waals surface area contributed by atoms with E-state index in [1.54, 1.807) is 10.8 Å². The van der Waals surface area contributed by atoms with Crippen LogP contribution in [-0.2, 0) is 6.54 Å². The number of hydrogen-bond acceptors (Lipinski definition) is 3. The van der Waals surface area contributed by atoms with Crippen molar-refractivity contribution in [3.8, 4) is 0 Å². The van der Waals surface area contributed by atoms with E-state index >= 15 is 0 Å². The number of ketones is 1. The second-order valence-corrected chi connectivity index (χ2v) is 5.02.